The molecule has 3 heterocycles. The molecule has 0 fully saturated rings. The summed E-state index contributed by atoms with van der Waals surface area (Å²) in [6.45, 7) is 7.48. The molecule has 0 bridgehead atoms. The van der Waals surface area contributed by atoms with Gasteiger partial charge in [0.2, 0.25) is 0 Å². The van der Waals surface area contributed by atoms with Crippen LogP contribution in [-0.2, 0) is 21.1 Å². The van der Waals surface area contributed by atoms with E-state index in [9.17, 15) is 0 Å². The van der Waals surface area contributed by atoms with Crippen LogP contribution in [0.4, 0.5) is 17.1 Å². The van der Waals surface area contributed by atoms with Gasteiger partial charge in [0.25, 0.3) is 0 Å². The number of fused-ring (bicyclic) bond motifs is 4. The largest absolute Gasteiger partial charge is 2.00 e. The number of nitrogens with zero attached hydrogens (tertiary/aromatic N) is 4. The first-order valence-electron chi connectivity index (χ1n) is 15.3. The molecule has 0 amide bonds. The molecule has 0 aliphatic carbocycles. The Labute approximate surface area is 284 Å². The van der Waals surface area contributed by atoms with E-state index in [1.807, 2.05) is 36.5 Å². The van der Waals surface area contributed by atoms with Gasteiger partial charge in [-0.3, -0.25) is 0 Å². The molecule has 1 aliphatic heterocycles. The van der Waals surface area contributed by atoms with Gasteiger partial charge in [-0.15, -0.1) is 35.7 Å². The third kappa shape index (κ3) is 5.25. The van der Waals surface area contributed by atoms with E-state index in [1.165, 1.54) is 11.4 Å². The van der Waals surface area contributed by atoms with Crippen LogP contribution in [0.5, 0.6) is 11.5 Å². The van der Waals surface area contributed by atoms with E-state index in [1.54, 1.807) is 0 Å². The monoisotopic (exact) mass is 779 g/mol. The standard InChI is InChI=1S/C40H32N4O.Pt/c1-40(2,3)43-27-42(36-18-9-10-19-37(36)43)30-14-11-15-31(25-30)45-32-20-21-34-33-16-7-8-17-35(33)44(38(34)26-32)39-24-29(22-23-41-39)28-12-5-4-6-13-28;/h4-24H,27H2,1-3H3;/q-2;+2. The van der Waals surface area contributed by atoms with Gasteiger partial charge in [-0.1, -0.05) is 71.9 Å². The molecule has 8 rings (SSSR count). The molecule has 6 heteroatoms. The third-order valence-corrected chi connectivity index (χ3v) is 8.46. The molecule has 0 unspecified atom stereocenters. The van der Waals surface area contributed by atoms with Gasteiger partial charge in [-0.2, -0.15) is 12.1 Å². The van der Waals surface area contributed by atoms with E-state index in [4.69, 9.17) is 9.72 Å². The zero-order valence-electron chi connectivity index (χ0n) is 25.8. The van der Waals surface area contributed by atoms with Crippen LogP contribution in [0.25, 0.3) is 38.8 Å². The van der Waals surface area contributed by atoms with E-state index in [2.05, 4.69) is 138 Å². The zero-order chi connectivity index (χ0) is 30.5. The van der Waals surface area contributed by atoms with Crippen LogP contribution in [0, 0.1) is 12.1 Å². The van der Waals surface area contributed by atoms with Gasteiger partial charge in [0, 0.05) is 28.8 Å². The third-order valence-electron chi connectivity index (χ3n) is 8.46. The number of anilines is 3. The maximum atomic E-state index is 6.46. The van der Waals surface area contributed by atoms with Crippen LogP contribution in [-0.4, -0.2) is 21.8 Å². The predicted molar refractivity (Wildman–Crippen MR) is 184 cm³/mol. The first kappa shape index (κ1) is 29.8. The molecule has 0 saturated heterocycles. The number of benzene rings is 5. The van der Waals surface area contributed by atoms with E-state index in [0.29, 0.717) is 11.5 Å². The van der Waals surface area contributed by atoms with Crippen molar-refractivity contribution < 1.29 is 25.8 Å². The second kappa shape index (κ2) is 11.8. The number of ether oxygens (including phenoxy) is 1. The molecule has 0 radical (unpaired) electrons. The molecule has 228 valence electrons. The Morgan fingerprint density at radius 1 is 0.674 bits per heavy atom. The van der Waals surface area contributed by atoms with Crippen molar-refractivity contribution in [2.75, 3.05) is 16.5 Å². The number of rotatable bonds is 5. The zero-order valence-corrected chi connectivity index (χ0v) is 28.1. The van der Waals surface area contributed by atoms with Crippen LogP contribution < -0.4 is 14.5 Å². The van der Waals surface area contributed by atoms with Gasteiger partial charge in [-0.05, 0) is 67.6 Å². The molecule has 0 atom stereocenters. The van der Waals surface area contributed by atoms with Crippen molar-refractivity contribution in [1.29, 1.82) is 0 Å². The molecule has 2 aromatic heterocycles. The Morgan fingerprint density at radius 2 is 1.41 bits per heavy atom. The van der Waals surface area contributed by atoms with Gasteiger partial charge in [0.15, 0.2) is 0 Å². The number of hydrogen-bond acceptors (Lipinski definition) is 4. The van der Waals surface area contributed by atoms with Crippen LogP contribution in [0.1, 0.15) is 20.8 Å². The molecule has 1 aliphatic rings. The maximum absolute atomic E-state index is 6.46. The number of para-hydroxylation sites is 3. The fraction of sp³-hybridized carbons (Fsp3) is 0.125. The van der Waals surface area contributed by atoms with Crippen molar-refractivity contribution in [1.82, 2.24) is 9.55 Å². The van der Waals surface area contributed by atoms with Crippen LogP contribution in [0.15, 0.2) is 128 Å². The normalized spacial score (nSPS) is 12.8. The van der Waals surface area contributed by atoms with Gasteiger partial charge in [0.05, 0.1) is 18.0 Å². The Morgan fingerprint density at radius 3 is 2.24 bits per heavy atom. The summed E-state index contributed by atoms with van der Waals surface area (Å²) in [5.41, 5.74) is 7.58. The van der Waals surface area contributed by atoms with Crippen molar-refractivity contribution in [3.05, 3.63) is 140 Å². The summed E-state index contributed by atoms with van der Waals surface area (Å²) >= 11 is 0. The number of pyridine rings is 1. The average molecular weight is 780 g/mol. The van der Waals surface area contributed by atoms with E-state index < -0.39 is 0 Å². The predicted octanol–water partition coefficient (Wildman–Crippen LogP) is 9.95. The van der Waals surface area contributed by atoms with Crippen LogP contribution in [0.3, 0.4) is 0 Å². The van der Waals surface area contributed by atoms with Crippen molar-refractivity contribution >= 4 is 38.9 Å². The Bertz CT molecular complexity index is 2180. The van der Waals surface area contributed by atoms with Gasteiger partial charge >= 0.3 is 21.1 Å². The molecule has 5 aromatic carbocycles. The maximum Gasteiger partial charge on any atom is 2.00 e. The second-order valence-electron chi connectivity index (χ2n) is 12.4. The summed E-state index contributed by atoms with van der Waals surface area (Å²) in [5, 5.41) is 2.24. The molecule has 46 heavy (non-hydrogen) atoms. The summed E-state index contributed by atoms with van der Waals surface area (Å²) in [6, 6.07) is 48.8. The summed E-state index contributed by atoms with van der Waals surface area (Å²) in [6.07, 6.45) is 1.87. The van der Waals surface area contributed by atoms with E-state index >= 15 is 0 Å². The summed E-state index contributed by atoms with van der Waals surface area (Å²) in [4.78, 5) is 9.52. The summed E-state index contributed by atoms with van der Waals surface area (Å²) in [5.74, 6) is 2.10. The molecule has 7 aromatic rings. The van der Waals surface area contributed by atoms with Crippen molar-refractivity contribution in [3.8, 4) is 28.4 Å². The van der Waals surface area contributed by atoms with E-state index in [0.717, 1.165) is 51.1 Å². The van der Waals surface area contributed by atoms with Crippen LogP contribution >= 0.6 is 0 Å². The minimum atomic E-state index is -0.0166. The smallest absolute Gasteiger partial charge is 0.509 e. The fourth-order valence-electron chi connectivity index (χ4n) is 6.29. The van der Waals surface area contributed by atoms with Gasteiger partial charge in [0.1, 0.15) is 5.82 Å². The van der Waals surface area contributed by atoms with Crippen molar-refractivity contribution in [2.24, 2.45) is 0 Å². The average Bonchev–Trinajstić information content (AvgIpc) is 3.62. The van der Waals surface area contributed by atoms with Gasteiger partial charge in [-0.25, -0.2) is 4.98 Å². The first-order valence-corrected chi connectivity index (χ1v) is 15.3. The molecular weight excluding hydrogens is 748 g/mol. The second-order valence-corrected chi connectivity index (χ2v) is 12.4. The van der Waals surface area contributed by atoms with Gasteiger partial charge < -0.3 is 19.1 Å². The Balaban J connectivity index is 0.00000338. The molecule has 0 N–H and O–H groups in total. The fourth-order valence-corrected chi connectivity index (χ4v) is 6.29. The number of hydrogen-bond donors (Lipinski definition) is 0. The SMILES string of the molecule is CC(C)(C)N1CN(c2[c-]c(Oc3[c-]c4c(cc3)c3ccccc3n4-c3cc(-c4ccccc4)ccn3)ccc2)c2ccccc21.[Pt+2]. The van der Waals surface area contributed by atoms with E-state index in [-0.39, 0.29) is 26.6 Å². The minimum absolute atomic E-state index is 0. The molecule has 0 spiro atoms. The first-order chi connectivity index (χ1) is 21.9. The van der Waals surface area contributed by atoms with Crippen molar-refractivity contribution in [3.63, 3.8) is 0 Å². The molecular formula is C40H32N4OPt. The molecule has 5 nitrogen and oxygen atoms in total. The Kier molecular flexibility index (Phi) is 7.66. The summed E-state index contributed by atoms with van der Waals surface area (Å²) in [7, 11) is 0. The number of aromatic nitrogens is 2. The minimum Gasteiger partial charge on any atom is -0.509 e. The van der Waals surface area contributed by atoms with Crippen molar-refractivity contribution in [2.45, 2.75) is 26.3 Å². The summed E-state index contributed by atoms with van der Waals surface area (Å²) < 4.78 is 8.64. The quantitative estimate of drug-likeness (QED) is 0.163. The van der Waals surface area contributed by atoms with Crippen LogP contribution in [0.2, 0.25) is 0 Å². The topological polar surface area (TPSA) is 33.5 Å². The molecule has 0 saturated carbocycles. The Hall–Kier alpha value is -4.86.